The van der Waals surface area contributed by atoms with Gasteiger partial charge in [0.15, 0.2) is 11.9 Å². The molecule has 0 heterocycles. The average molecular weight is 378 g/mol. The van der Waals surface area contributed by atoms with E-state index in [9.17, 15) is 19.2 Å². The lowest BCUT2D eigenvalue weighted by molar-refractivity contribution is -0.154. The number of carbonyl (C=O) groups excluding carboxylic acids is 4. The molecule has 2 N–H and O–H groups in total. The van der Waals surface area contributed by atoms with Crippen LogP contribution in [0.3, 0.4) is 0 Å². The molecule has 0 aliphatic rings. The van der Waals surface area contributed by atoms with Crippen LogP contribution >= 0.6 is 0 Å². The Morgan fingerprint density at radius 3 is 2.19 bits per heavy atom. The van der Waals surface area contributed by atoms with Gasteiger partial charge in [0.2, 0.25) is 0 Å². The van der Waals surface area contributed by atoms with Crippen LogP contribution in [0.25, 0.3) is 0 Å². The normalized spacial score (nSPS) is 11.4. The Balaban J connectivity index is 2.41. The van der Waals surface area contributed by atoms with Gasteiger partial charge in [-0.25, -0.2) is 4.79 Å². The maximum absolute atomic E-state index is 12.1. The van der Waals surface area contributed by atoms with Crippen LogP contribution in [0.15, 0.2) is 24.3 Å². The van der Waals surface area contributed by atoms with E-state index in [1.165, 1.54) is 6.92 Å². The molecule has 1 unspecified atom stereocenters. The third kappa shape index (κ3) is 8.35. The zero-order chi connectivity index (χ0) is 20.4. The summed E-state index contributed by atoms with van der Waals surface area (Å²) < 4.78 is 10.3. The summed E-state index contributed by atoms with van der Waals surface area (Å²) in [6, 6.07) is 5.82. The SMILES string of the molecule is CCOc1ccc(C(=O)CCC(=O)OC(C)C(=O)NC(=O)NC(C)C)cc1. The van der Waals surface area contributed by atoms with Gasteiger partial charge in [0, 0.05) is 18.0 Å². The summed E-state index contributed by atoms with van der Waals surface area (Å²) in [5, 5.41) is 4.56. The number of rotatable bonds is 9. The molecule has 0 fully saturated rings. The third-order valence-electron chi connectivity index (χ3n) is 3.38. The van der Waals surface area contributed by atoms with Crippen molar-refractivity contribution in [2.45, 2.75) is 52.7 Å². The Morgan fingerprint density at radius 2 is 1.63 bits per heavy atom. The molecule has 0 aliphatic heterocycles. The Hall–Kier alpha value is -2.90. The van der Waals surface area contributed by atoms with Gasteiger partial charge in [-0.3, -0.25) is 19.7 Å². The lowest BCUT2D eigenvalue weighted by atomic mass is 10.1. The van der Waals surface area contributed by atoms with E-state index in [1.807, 2.05) is 6.92 Å². The van der Waals surface area contributed by atoms with Crippen LogP contribution in [-0.2, 0) is 14.3 Å². The number of imide groups is 1. The van der Waals surface area contributed by atoms with Gasteiger partial charge in [0.25, 0.3) is 5.91 Å². The minimum absolute atomic E-state index is 0.0466. The molecule has 3 amide bonds. The molecule has 148 valence electrons. The third-order valence-corrected chi connectivity index (χ3v) is 3.38. The van der Waals surface area contributed by atoms with Crippen molar-refractivity contribution in [2.75, 3.05) is 6.61 Å². The highest BCUT2D eigenvalue weighted by Crippen LogP contribution is 2.14. The summed E-state index contributed by atoms with van der Waals surface area (Å²) in [6.07, 6.45) is -1.35. The summed E-state index contributed by atoms with van der Waals surface area (Å²) in [6.45, 7) is 7.24. The first-order chi connectivity index (χ1) is 12.7. The molecule has 1 atom stereocenters. The minimum atomic E-state index is -1.14. The maximum Gasteiger partial charge on any atom is 0.321 e. The lowest BCUT2D eigenvalue weighted by Gasteiger charge is -2.14. The molecule has 0 aromatic heterocycles. The molecule has 27 heavy (non-hydrogen) atoms. The lowest BCUT2D eigenvalue weighted by Crippen LogP contribution is -2.46. The van der Waals surface area contributed by atoms with Gasteiger partial charge in [-0.2, -0.15) is 0 Å². The van der Waals surface area contributed by atoms with Gasteiger partial charge >= 0.3 is 12.0 Å². The molecule has 8 nitrogen and oxygen atoms in total. The van der Waals surface area contributed by atoms with E-state index in [0.29, 0.717) is 17.9 Å². The first-order valence-electron chi connectivity index (χ1n) is 8.79. The van der Waals surface area contributed by atoms with Crippen LogP contribution in [0, 0.1) is 0 Å². The van der Waals surface area contributed by atoms with Crippen molar-refractivity contribution >= 4 is 23.7 Å². The summed E-state index contributed by atoms with van der Waals surface area (Å²) in [7, 11) is 0. The smallest absolute Gasteiger partial charge is 0.321 e. The monoisotopic (exact) mass is 378 g/mol. The van der Waals surface area contributed by atoms with E-state index >= 15 is 0 Å². The number of hydrogen-bond donors (Lipinski definition) is 2. The van der Waals surface area contributed by atoms with Crippen LogP contribution in [0.4, 0.5) is 4.79 Å². The second-order valence-corrected chi connectivity index (χ2v) is 6.13. The van der Waals surface area contributed by atoms with Crippen LogP contribution in [0.5, 0.6) is 5.75 Å². The number of benzene rings is 1. The van der Waals surface area contributed by atoms with Crippen LogP contribution in [-0.4, -0.2) is 42.4 Å². The van der Waals surface area contributed by atoms with Gasteiger partial charge in [0.05, 0.1) is 13.0 Å². The van der Waals surface area contributed by atoms with Gasteiger partial charge in [0.1, 0.15) is 5.75 Å². The number of ether oxygens (including phenoxy) is 2. The van der Waals surface area contributed by atoms with E-state index in [2.05, 4.69) is 10.6 Å². The second-order valence-electron chi connectivity index (χ2n) is 6.13. The largest absolute Gasteiger partial charge is 0.494 e. The van der Waals surface area contributed by atoms with Crippen molar-refractivity contribution in [1.29, 1.82) is 0 Å². The topological polar surface area (TPSA) is 111 Å². The average Bonchev–Trinajstić information content (AvgIpc) is 2.59. The highest BCUT2D eigenvalue weighted by atomic mass is 16.5. The number of Topliss-reactive ketones (excluding diaryl/α,β-unsaturated/α-hetero) is 1. The predicted molar refractivity (Wildman–Crippen MR) is 98.5 cm³/mol. The molecule has 1 rings (SSSR count). The second kappa shape index (κ2) is 10.9. The fraction of sp³-hybridized carbons (Fsp3) is 0.474. The molecule has 0 bridgehead atoms. The van der Waals surface area contributed by atoms with E-state index < -0.39 is 24.0 Å². The molecular formula is C19H26N2O6. The van der Waals surface area contributed by atoms with E-state index in [0.717, 1.165) is 0 Å². The van der Waals surface area contributed by atoms with E-state index in [4.69, 9.17) is 9.47 Å². The zero-order valence-corrected chi connectivity index (χ0v) is 16.0. The van der Waals surface area contributed by atoms with Crippen molar-refractivity contribution < 1.29 is 28.7 Å². The van der Waals surface area contributed by atoms with Crippen LogP contribution in [0.1, 0.15) is 50.9 Å². The number of carbonyl (C=O) groups is 4. The zero-order valence-electron chi connectivity index (χ0n) is 16.0. The standard InChI is InChI=1S/C19H26N2O6/c1-5-26-15-8-6-14(7-9-15)16(22)10-11-17(23)27-13(4)18(24)21-19(25)20-12(2)3/h6-9,12-13H,5,10-11H2,1-4H3,(H2,20,21,24,25). The summed E-state index contributed by atoms with van der Waals surface area (Å²) in [4.78, 5) is 47.2. The van der Waals surface area contributed by atoms with Crippen molar-refractivity contribution in [3.63, 3.8) is 0 Å². The molecule has 0 saturated carbocycles. The molecule has 0 saturated heterocycles. The molecule has 1 aromatic rings. The maximum atomic E-state index is 12.1. The van der Waals surface area contributed by atoms with E-state index in [-0.39, 0.29) is 24.7 Å². The van der Waals surface area contributed by atoms with Crippen LogP contribution in [0.2, 0.25) is 0 Å². The van der Waals surface area contributed by atoms with E-state index in [1.54, 1.807) is 38.1 Å². The molecule has 0 spiro atoms. The number of urea groups is 1. The van der Waals surface area contributed by atoms with Gasteiger partial charge in [-0.1, -0.05) is 0 Å². The summed E-state index contributed by atoms with van der Waals surface area (Å²) in [5.74, 6) is -0.987. The Kier molecular flexibility index (Phi) is 8.98. The quantitative estimate of drug-likeness (QED) is 0.503. The predicted octanol–water partition coefficient (Wildman–Crippen LogP) is 2.21. The molecular weight excluding hydrogens is 352 g/mol. The highest BCUT2D eigenvalue weighted by Gasteiger charge is 2.20. The highest BCUT2D eigenvalue weighted by molar-refractivity contribution is 5.98. The van der Waals surface area contributed by atoms with Gasteiger partial charge in [-0.05, 0) is 52.0 Å². The van der Waals surface area contributed by atoms with Crippen molar-refractivity contribution in [2.24, 2.45) is 0 Å². The molecule has 0 aliphatic carbocycles. The molecule has 0 radical (unpaired) electrons. The van der Waals surface area contributed by atoms with Crippen molar-refractivity contribution in [3.05, 3.63) is 29.8 Å². The number of amides is 3. The van der Waals surface area contributed by atoms with Gasteiger partial charge < -0.3 is 14.8 Å². The van der Waals surface area contributed by atoms with Gasteiger partial charge in [-0.15, -0.1) is 0 Å². The van der Waals surface area contributed by atoms with Crippen molar-refractivity contribution in [3.8, 4) is 5.75 Å². The summed E-state index contributed by atoms with van der Waals surface area (Å²) in [5.41, 5.74) is 0.461. The number of esters is 1. The van der Waals surface area contributed by atoms with Crippen LogP contribution < -0.4 is 15.4 Å². The minimum Gasteiger partial charge on any atom is -0.494 e. The number of ketones is 1. The summed E-state index contributed by atoms with van der Waals surface area (Å²) >= 11 is 0. The fourth-order valence-electron chi connectivity index (χ4n) is 2.09. The Labute approximate surface area is 158 Å². The number of nitrogens with one attached hydrogen (secondary N) is 2. The first kappa shape index (κ1) is 22.1. The Morgan fingerprint density at radius 1 is 1.00 bits per heavy atom. The fourth-order valence-corrected chi connectivity index (χ4v) is 2.09. The van der Waals surface area contributed by atoms with Crippen molar-refractivity contribution in [1.82, 2.24) is 10.6 Å². The first-order valence-corrected chi connectivity index (χ1v) is 8.79. The Bertz CT molecular complexity index is 669. The molecule has 8 heteroatoms. The number of hydrogen-bond acceptors (Lipinski definition) is 6. The molecule has 1 aromatic carbocycles.